The number of benzene rings is 1. The van der Waals surface area contributed by atoms with E-state index in [9.17, 15) is 4.79 Å². The maximum absolute atomic E-state index is 12.1. The summed E-state index contributed by atoms with van der Waals surface area (Å²) in [5.41, 5.74) is 6.58. The fourth-order valence-electron chi connectivity index (χ4n) is 1.62. The molecule has 0 aliphatic heterocycles. The van der Waals surface area contributed by atoms with Crippen LogP contribution < -0.4 is 5.73 Å². The van der Waals surface area contributed by atoms with E-state index >= 15 is 0 Å². The number of amides is 1. The summed E-state index contributed by atoms with van der Waals surface area (Å²) < 4.78 is 0. The molecule has 0 heterocycles. The summed E-state index contributed by atoms with van der Waals surface area (Å²) in [6.07, 6.45) is 0.806. The molecule has 0 spiro atoms. The third-order valence-electron chi connectivity index (χ3n) is 3.07. The standard InChI is InChI=1S/C14H21ClN2O/c1-10(2)13(16)7-8-17(3)14(18)11-5-4-6-12(15)9-11/h4-6,9-10,13H,7-8,16H2,1-3H3. The van der Waals surface area contributed by atoms with Gasteiger partial charge in [-0.15, -0.1) is 0 Å². The summed E-state index contributed by atoms with van der Waals surface area (Å²) in [5, 5.41) is 0.577. The Balaban J connectivity index is 2.57. The van der Waals surface area contributed by atoms with Crippen molar-refractivity contribution in [2.45, 2.75) is 26.3 Å². The fourth-order valence-corrected chi connectivity index (χ4v) is 1.81. The van der Waals surface area contributed by atoms with Gasteiger partial charge in [-0.05, 0) is 30.5 Å². The van der Waals surface area contributed by atoms with Gasteiger partial charge in [-0.2, -0.15) is 0 Å². The van der Waals surface area contributed by atoms with Gasteiger partial charge in [-0.1, -0.05) is 31.5 Å². The Labute approximate surface area is 114 Å². The topological polar surface area (TPSA) is 46.3 Å². The highest BCUT2D eigenvalue weighted by atomic mass is 35.5. The molecule has 0 radical (unpaired) electrons. The van der Waals surface area contributed by atoms with Crippen LogP contribution in [0.4, 0.5) is 0 Å². The summed E-state index contributed by atoms with van der Waals surface area (Å²) in [4.78, 5) is 13.8. The lowest BCUT2D eigenvalue weighted by molar-refractivity contribution is 0.0789. The van der Waals surface area contributed by atoms with Crippen molar-refractivity contribution in [1.29, 1.82) is 0 Å². The van der Waals surface area contributed by atoms with E-state index in [1.165, 1.54) is 0 Å². The summed E-state index contributed by atoms with van der Waals surface area (Å²) in [5.74, 6) is 0.410. The minimum atomic E-state index is -0.0199. The smallest absolute Gasteiger partial charge is 0.253 e. The van der Waals surface area contributed by atoms with E-state index in [0.29, 0.717) is 23.0 Å². The van der Waals surface area contributed by atoms with E-state index in [0.717, 1.165) is 6.42 Å². The maximum Gasteiger partial charge on any atom is 0.253 e. The van der Waals surface area contributed by atoms with Crippen molar-refractivity contribution in [2.24, 2.45) is 11.7 Å². The van der Waals surface area contributed by atoms with Crippen LogP contribution >= 0.6 is 11.6 Å². The van der Waals surface area contributed by atoms with E-state index in [-0.39, 0.29) is 11.9 Å². The summed E-state index contributed by atoms with van der Waals surface area (Å²) >= 11 is 5.87. The molecule has 0 aromatic heterocycles. The Morgan fingerprint density at radius 3 is 2.67 bits per heavy atom. The molecular weight excluding hydrogens is 248 g/mol. The van der Waals surface area contributed by atoms with Crippen molar-refractivity contribution in [2.75, 3.05) is 13.6 Å². The molecule has 2 N–H and O–H groups in total. The van der Waals surface area contributed by atoms with Crippen LogP contribution in [0.5, 0.6) is 0 Å². The monoisotopic (exact) mass is 268 g/mol. The molecule has 1 atom stereocenters. The van der Waals surface area contributed by atoms with E-state index in [1.807, 2.05) is 0 Å². The van der Waals surface area contributed by atoms with Crippen LogP contribution in [0, 0.1) is 5.92 Å². The van der Waals surface area contributed by atoms with E-state index in [2.05, 4.69) is 13.8 Å². The van der Waals surface area contributed by atoms with E-state index < -0.39 is 0 Å². The number of nitrogens with zero attached hydrogens (tertiary/aromatic N) is 1. The number of carbonyl (C=O) groups is 1. The predicted molar refractivity (Wildman–Crippen MR) is 75.8 cm³/mol. The lowest BCUT2D eigenvalue weighted by Gasteiger charge is -2.21. The van der Waals surface area contributed by atoms with Crippen molar-refractivity contribution < 1.29 is 4.79 Å². The second-order valence-electron chi connectivity index (χ2n) is 4.93. The van der Waals surface area contributed by atoms with Crippen molar-refractivity contribution in [3.63, 3.8) is 0 Å². The normalized spacial score (nSPS) is 12.6. The third kappa shape index (κ3) is 4.31. The molecule has 0 aliphatic rings. The molecule has 18 heavy (non-hydrogen) atoms. The van der Waals surface area contributed by atoms with Crippen LogP contribution in [-0.2, 0) is 0 Å². The van der Waals surface area contributed by atoms with Crippen LogP contribution in [0.1, 0.15) is 30.6 Å². The first kappa shape index (κ1) is 15.0. The zero-order valence-electron chi connectivity index (χ0n) is 11.2. The Kier molecular flexibility index (Phi) is 5.63. The van der Waals surface area contributed by atoms with Crippen molar-refractivity contribution >= 4 is 17.5 Å². The van der Waals surface area contributed by atoms with Crippen molar-refractivity contribution in [3.8, 4) is 0 Å². The summed E-state index contributed by atoms with van der Waals surface area (Å²) in [6.45, 7) is 4.83. The minimum Gasteiger partial charge on any atom is -0.342 e. The van der Waals surface area contributed by atoms with Crippen LogP contribution in [0.3, 0.4) is 0 Å². The molecule has 1 unspecified atom stereocenters. The highest BCUT2D eigenvalue weighted by Crippen LogP contribution is 2.13. The van der Waals surface area contributed by atoms with Gasteiger partial charge < -0.3 is 10.6 Å². The highest BCUT2D eigenvalue weighted by Gasteiger charge is 2.14. The van der Waals surface area contributed by atoms with Crippen LogP contribution in [-0.4, -0.2) is 30.4 Å². The molecule has 0 aliphatic carbocycles. The number of hydrogen-bond donors (Lipinski definition) is 1. The Bertz CT molecular complexity index is 407. The van der Waals surface area contributed by atoms with Gasteiger partial charge in [0.05, 0.1) is 0 Å². The van der Waals surface area contributed by atoms with E-state index in [1.54, 1.807) is 36.2 Å². The van der Waals surface area contributed by atoms with Crippen LogP contribution in [0.15, 0.2) is 24.3 Å². The molecule has 100 valence electrons. The fraction of sp³-hybridized carbons (Fsp3) is 0.500. The number of carbonyl (C=O) groups excluding carboxylic acids is 1. The van der Waals surface area contributed by atoms with Gasteiger partial charge in [0.2, 0.25) is 0 Å². The Hall–Kier alpha value is -1.06. The molecule has 1 aromatic carbocycles. The molecule has 1 rings (SSSR count). The van der Waals surface area contributed by atoms with Gasteiger partial charge in [0.15, 0.2) is 0 Å². The molecule has 0 saturated heterocycles. The predicted octanol–water partition coefficient (Wildman–Crippen LogP) is 2.79. The molecule has 0 fully saturated rings. The van der Waals surface area contributed by atoms with Crippen LogP contribution in [0.2, 0.25) is 5.02 Å². The van der Waals surface area contributed by atoms with Gasteiger partial charge in [-0.25, -0.2) is 0 Å². The quantitative estimate of drug-likeness (QED) is 0.893. The number of nitrogens with two attached hydrogens (primary N) is 1. The van der Waals surface area contributed by atoms with Gasteiger partial charge >= 0.3 is 0 Å². The minimum absolute atomic E-state index is 0.0199. The average molecular weight is 269 g/mol. The van der Waals surface area contributed by atoms with Gasteiger partial charge in [0, 0.05) is 30.2 Å². The second-order valence-corrected chi connectivity index (χ2v) is 5.37. The Morgan fingerprint density at radius 1 is 1.44 bits per heavy atom. The molecular formula is C14H21ClN2O. The van der Waals surface area contributed by atoms with E-state index in [4.69, 9.17) is 17.3 Å². The number of rotatable bonds is 5. The number of hydrogen-bond acceptors (Lipinski definition) is 2. The molecule has 0 saturated carbocycles. The SMILES string of the molecule is CC(C)C(N)CCN(C)C(=O)c1cccc(Cl)c1. The molecule has 1 amide bonds. The molecule has 3 nitrogen and oxygen atoms in total. The Morgan fingerprint density at radius 2 is 2.11 bits per heavy atom. The first-order valence-corrected chi connectivity index (χ1v) is 6.56. The second kappa shape index (κ2) is 6.76. The third-order valence-corrected chi connectivity index (χ3v) is 3.31. The summed E-state index contributed by atoms with van der Waals surface area (Å²) in [6, 6.07) is 7.12. The van der Waals surface area contributed by atoms with Crippen molar-refractivity contribution in [3.05, 3.63) is 34.9 Å². The van der Waals surface area contributed by atoms with Gasteiger partial charge in [0.1, 0.15) is 0 Å². The molecule has 0 bridgehead atoms. The van der Waals surface area contributed by atoms with Crippen molar-refractivity contribution in [1.82, 2.24) is 4.90 Å². The maximum atomic E-state index is 12.1. The first-order chi connectivity index (χ1) is 8.41. The highest BCUT2D eigenvalue weighted by molar-refractivity contribution is 6.30. The molecule has 1 aromatic rings. The molecule has 4 heteroatoms. The average Bonchev–Trinajstić information content (AvgIpc) is 2.34. The zero-order valence-corrected chi connectivity index (χ0v) is 11.9. The summed E-state index contributed by atoms with van der Waals surface area (Å²) in [7, 11) is 1.79. The first-order valence-electron chi connectivity index (χ1n) is 6.18. The lowest BCUT2D eigenvalue weighted by Crippen LogP contribution is -2.34. The van der Waals surface area contributed by atoms with Gasteiger partial charge in [-0.3, -0.25) is 4.79 Å². The largest absolute Gasteiger partial charge is 0.342 e. The zero-order chi connectivity index (χ0) is 13.7. The lowest BCUT2D eigenvalue weighted by atomic mass is 10.0. The van der Waals surface area contributed by atoms with Gasteiger partial charge in [0.25, 0.3) is 5.91 Å². The van der Waals surface area contributed by atoms with Crippen LogP contribution in [0.25, 0.3) is 0 Å². The number of halogens is 1.